The van der Waals surface area contributed by atoms with Crippen LogP contribution in [-0.4, -0.2) is 30.9 Å². The predicted molar refractivity (Wildman–Crippen MR) is 103 cm³/mol. The summed E-state index contributed by atoms with van der Waals surface area (Å²) in [5, 5.41) is 11.4. The van der Waals surface area contributed by atoms with E-state index in [1.165, 1.54) is 0 Å². The molecule has 1 heterocycles. The Morgan fingerprint density at radius 2 is 1.93 bits per heavy atom. The molecule has 3 rings (SSSR count). The summed E-state index contributed by atoms with van der Waals surface area (Å²) in [4.78, 5) is 12.7. The maximum absolute atomic E-state index is 12.7. The minimum atomic E-state index is -0.572. The van der Waals surface area contributed by atoms with Gasteiger partial charge in [0, 0.05) is 0 Å². The van der Waals surface area contributed by atoms with E-state index in [0.29, 0.717) is 19.2 Å². The van der Waals surface area contributed by atoms with Gasteiger partial charge in [-0.2, -0.15) is 0 Å². The van der Waals surface area contributed by atoms with Crippen molar-refractivity contribution in [1.29, 1.82) is 0 Å². The fourth-order valence-corrected chi connectivity index (χ4v) is 3.07. The molecule has 2 aromatic rings. The van der Waals surface area contributed by atoms with Gasteiger partial charge in [0.05, 0.1) is 11.3 Å². The number of fused-ring (bicyclic) bond motifs is 1. The van der Waals surface area contributed by atoms with Gasteiger partial charge in [0.25, 0.3) is 5.95 Å². The van der Waals surface area contributed by atoms with E-state index in [1.807, 2.05) is 31.2 Å². The molecule has 0 aliphatic carbocycles. The first-order valence-electron chi connectivity index (χ1n) is 8.93. The largest absolute Gasteiger partial charge is 0.508 e. The number of phenols is 1. The third kappa shape index (κ3) is 4.08. The van der Waals surface area contributed by atoms with E-state index in [9.17, 15) is 9.90 Å². The fraction of sp³-hybridized carbons (Fsp3) is 0.318. The number of carbonyl (C=O) groups is 1. The molecule has 27 heavy (non-hydrogen) atoms. The first kappa shape index (κ1) is 18.8. The fourth-order valence-electron chi connectivity index (χ4n) is 3.07. The zero-order valence-corrected chi connectivity index (χ0v) is 15.4. The van der Waals surface area contributed by atoms with Crippen molar-refractivity contribution in [2.24, 2.45) is 5.41 Å². The average molecular weight is 368 g/mol. The minimum absolute atomic E-state index is 0.208. The van der Waals surface area contributed by atoms with E-state index in [4.69, 9.17) is 14.2 Å². The Morgan fingerprint density at radius 3 is 2.59 bits per heavy atom. The number of aromatic hydroxyl groups is 1. The van der Waals surface area contributed by atoms with Crippen LogP contribution in [0.25, 0.3) is 10.8 Å². The molecule has 1 unspecified atom stereocenters. The molecule has 1 saturated heterocycles. The van der Waals surface area contributed by atoms with Crippen LogP contribution in [0, 0.1) is 5.41 Å². The minimum Gasteiger partial charge on any atom is -0.508 e. The van der Waals surface area contributed by atoms with Crippen molar-refractivity contribution in [2.75, 3.05) is 19.8 Å². The molecular weight excluding hydrogens is 344 g/mol. The van der Waals surface area contributed by atoms with Gasteiger partial charge in [0.2, 0.25) is 0 Å². The first-order chi connectivity index (χ1) is 13.0. The maximum Gasteiger partial charge on any atom is 0.317 e. The SMILES string of the molecule is C=CC(C(=O)OCC1(CC)COC(=C)OC1)c1ccc2cc(O)ccc2c1. The van der Waals surface area contributed by atoms with Crippen molar-refractivity contribution < 1.29 is 24.1 Å². The van der Waals surface area contributed by atoms with Crippen molar-refractivity contribution in [3.05, 3.63) is 67.1 Å². The van der Waals surface area contributed by atoms with Gasteiger partial charge in [0.15, 0.2) is 0 Å². The second kappa shape index (κ2) is 7.74. The predicted octanol–water partition coefficient (Wildman–Crippen LogP) is 4.27. The van der Waals surface area contributed by atoms with Gasteiger partial charge in [-0.15, -0.1) is 6.58 Å². The lowest BCUT2D eigenvalue weighted by molar-refractivity contribution is -0.160. The van der Waals surface area contributed by atoms with E-state index < -0.39 is 5.92 Å². The summed E-state index contributed by atoms with van der Waals surface area (Å²) < 4.78 is 16.4. The third-order valence-corrected chi connectivity index (χ3v) is 5.05. The molecule has 1 aliphatic rings. The van der Waals surface area contributed by atoms with Gasteiger partial charge < -0.3 is 19.3 Å². The van der Waals surface area contributed by atoms with Crippen LogP contribution in [0.3, 0.4) is 0 Å². The van der Waals surface area contributed by atoms with Crippen molar-refractivity contribution in [3.8, 4) is 5.75 Å². The molecule has 1 fully saturated rings. The summed E-state index contributed by atoms with van der Waals surface area (Å²) in [5.41, 5.74) is 0.423. The van der Waals surface area contributed by atoms with Crippen LogP contribution in [0.4, 0.5) is 0 Å². The summed E-state index contributed by atoms with van der Waals surface area (Å²) in [7, 11) is 0. The molecule has 1 N–H and O–H groups in total. The van der Waals surface area contributed by atoms with Crippen molar-refractivity contribution in [1.82, 2.24) is 0 Å². The highest BCUT2D eigenvalue weighted by atomic mass is 16.7. The Kier molecular flexibility index (Phi) is 5.40. The maximum atomic E-state index is 12.7. The summed E-state index contributed by atoms with van der Waals surface area (Å²) in [5.74, 6) is -0.422. The van der Waals surface area contributed by atoms with Crippen molar-refractivity contribution in [2.45, 2.75) is 19.3 Å². The van der Waals surface area contributed by atoms with E-state index in [-0.39, 0.29) is 23.7 Å². The Morgan fingerprint density at radius 1 is 1.26 bits per heavy atom. The number of phenolic OH excluding ortho intramolecular Hbond substituents is 1. The highest BCUT2D eigenvalue weighted by Gasteiger charge is 2.36. The highest BCUT2D eigenvalue weighted by Crippen LogP contribution is 2.31. The van der Waals surface area contributed by atoms with Crippen LogP contribution in [0.15, 0.2) is 61.6 Å². The molecule has 1 atom stereocenters. The van der Waals surface area contributed by atoms with Crippen LogP contribution >= 0.6 is 0 Å². The van der Waals surface area contributed by atoms with E-state index in [1.54, 1.807) is 18.2 Å². The molecule has 1 aliphatic heterocycles. The van der Waals surface area contributed by atoms with Gasteiger partial charge >= 0.3 is 5.97 Å². The number of hydrogen-bond acceptors (Lipinski definition) is 5. The van der Waals surface area contributed by atoms with Crippen LogP contribution in [0.1, 0.15) is 24.8 Å². The van der Waals surface area contributed by atoms with E-state index in [2.05, 4.69) is 13.2 Å². The van der Waals surface area contributed by atoms with Crippen molar-refractivity contribution >= 4 is 16.7 Å². The van der Waals surface area contributed by atoms with Crippen LogP contribution in [0.2, 0.25) is 0 Å². The molecule has 0 amide bonds. The lowest BCUT2D eigenvalue weighted by atomic mass is 9.87. The van der Waals surface area contributed by atoms with Gasteiger partial charge in [-0.25, -0.2) is 0 Å². The molecule has 0 spiro atoms. The summed E-state index contributed by atoms with van der Waals surface area (Å²) in [6.45, 7) is 10.5. The van der Waals surface area contributed by atoms with Gasteiger partial charge in [-0.1, -0.05) is 31.2 Å². The zero-order chi connectivity index (χ0) is 19.4. The number of rotatable bonds is 6. The number of ether oxygens (including phenoxy) is 3. The molecule has 0 bridgehead atoms. The van der Waals surface area contributed by atoms with Gasteiger partial charge in [0.1, 0.15) is 25.6 Å². The Hall–Kier alpha value is -2.95. The van der Waals surface area contributed by atoms with Crippen LogP contribution in [0.5, 0.6) is 5.75 Å². The van der Waals surface area contributed by atoms with E-state index in [0.717, 1.165) is 22.8 Å². The molecule has 5 nitrogen and oxygen atoms in total. The molecule has 2 aromatic carbocycles. The normalized spacial score (nSPS) is 16.9. The standard InChI is InChI=1S/C22H24O5/c1-4-20(18-7-6-17-11-19(23)9-8-16(17)10-18)21(24)27-14-22(5-2)12-25-15(3)26-13-22/h4,6-11,20,23H,1,3,5,12-14H2,2H3. The average Bonchev–Trinajstić information content (AvgIpc) is 2.68. The summed E-state index contributed by atoms with van der Waals surface area (Å²) in [6, 6.07) is 10.7. The summed E-state index contributed by atoms with van der Waals surface area (Å²) >= 11 is 0. The van der Waals surface area contributed by atoms with Gasteiger partial charge in [-0.3, -0.25) is 4.79 Å². The number of esters is 1. The van der Waals surface area contributed by atoms with Crippen molar-refractivity contribution in [3.63, 3.8) is 0 Å². The van der Waals surface area contributed by atoms with Crippen LogP contribution in [-0.2, 0) is 19.0 Å². The van der Waals surface area contributed by atoms with Gasteiger partial charge in [-0.05, 0) is 47.5 Å². The first-order valence-corrected chi connectivity index (χ1v) is 8.93. The number of hydrogen-bond donors (Lipinski definition) is 1. The molecule has 0 aromatic heterocycles. The smallest absolute Gasteiger partial charge is 0.317 e. The topological polar surface area (TPSA) is 65.0 Å². The molecule has 5 heteroatoms. The third-order valence-electron chi connectivity index (χ3n) is 5.05. The quantitative estimate of drug-likeness (QED) is 0.609. The highest BCUT2D eigenvalue weighted by molar-refractivity contribution is 5.87. The summed E-state index contributed by atoms with van der Waals surface area (Å²) in [6.07, 6.45) is 2.34. The Labute approximate surface area is 158 Å². The van der Waals surface area contributed by atoms with Crippen LogP contribution < -0.4 is 0 Å². The monoisotopic (exact) mass is 368 g/mol. The Bertz CT molecular complexity index is 860. The number of benzene rings is 2. The second-order valence-corrected chi connectivity index (χ2v) is 6.91. The van der Waals surface area contributed by atoms with E-state index >= 15 is 0 Å². The number of carbonyl (C=O) groups excluding carboxylic acids is 1. The molecular formula is C22H24O5. The lowest BCUT2D eigenvalue weighted by Crippen LogP contribution is -2.41. The second-order valence-electron chi connectivity index (χ2n) is 6.91. The lowest BCUT2D eigenvalue weighted by Gasteiger charge is -2.36. The zero-order valence-electron chi connectivity index (χ0n) is 15.4. The Balaban J connectivity index is 1.73. The molecule has 0 radical (unpaired) electrons. The molecule has 142 valence electrons. The molecule has 0 saturated carbocycles.